The number of carbonyl (C=O) groups excluding carboxylic acids is 1. The summed E-state index contributed by atoms with van der Waals surface area (Å²) in [5.74, 6) is -0.719. The third kappa shape index (κ3) is 3.89. The highest BCUT2D eigenvalue weighted by Gasteiger charge is 2.28. The molecule has 3 aromatic rings. The topological polar surface area (TPSA) is 66.3 Å². The molecule has 0 spiro atoms. The Labute approximate surface area is 195 Å². The van der Waals surface area contributed by atoms with E-state index in [1.165, 1.54) is 23.2 Å². The third-order valence-electron chi connectivity index (χ3n) is 5.60. The molecule has 166 valence electrons. The normalized spacial score (nSPS) is 16.7. The number of nitrogens with zero attached hydrogens (tertiary/aromatic N) is 5. The van der Waals surface area contributed by atoms with Crippen molar-refractivity contribution in [1.82, 2.24) is 25.0 Å². The molecule has 1 N–H and O–H groups in total. The first-order valence-corrected chi connectivity index (χ1v) is 10.6. The number of allylic oxidation sites excluding steroid dienone is 2. The van der Waals surface area contributed by atoms with Crippen molar-refractivity contribution in [2.24, 2.45) is 7.05 Å². The largest absolute Gasteiger partial charge is 0.366 e. The summed E-state index contributed by atoms with van der Waals surface area (Å²) in [6, 6.07) is 7.85. The highest BCUT2D eigenvalue weighted by atomic mass is 35.5. The number of anilines is 1. The molecule has 0 saturated carbocycles. The fourth-order valence-corrected chi connectivity index (χ4v) is 3.94. The van der Waals surface area contributed by atoms with Gasteiger partial charge >= 0.3 is 0 Å². The number of aromatic nitrogens is 3. The molecule has 7 nitrogen and oxygen atoms in total. The van der Waals surface area contributed by atoms with Gasteiger partial charge in [0.2, 0.25) is 0 Å². The lowest BCUT2D eigenvalue weighted by Gasteiger charge is -2.27. The molecule has 0 radical (unpaired) electrons. The Hall–Kier alpha value is -3.91. The molecular weight excluding hydrogens is 443 g/mol. The zero-order valence-electron chi connectivity index (χ0n) is 17.9. The molecular formula is C24H20ClFN6O. The lowest BCUT2D eigenvalue weighted by atomic mass is 10.0. The predicted octanol–water partition coefficient (Wildman–Crippen LogP) is 4.02. The summed E-state index contributed by atoms with van der Waals surface area (Å²) in [5, 5.41) is 7.97. The average Bonchev–Trinajstić information content (AvgIpc) is 3.44. The second-order valence-electron chi connectivity index (χ2n) is 7.79. The fraction of sp³-hybridized carbons (Fsp3) is 0.125. The summed E-state index contributed by atoms with van der Waals surface area (Å²) in [6.45, 7) is 0. The molecule has 1 amide bonds. The van der Waals surface area contributed by atoms with Gasteiger partial charge in [-0.1, -0.05) is 23.7 Å². The van der Waals surface area contributed by atoms with Crippen LogP contribution in [0, 0.1) is 5.82 Å². The zero-order valence-corrected chi connectivity index (χ0v) is 18.7. The lowest BCUT2D eigenvalue weighted by molar-refractivity contribution is 0.0988. The number of carbonyl (C=O) groups is 1. The first-order valence-electron chi connectivity index (χ1n) is 10.2. The minimum Gasteiger partial charge on any atom is -0.366 e. The van der Waals surface area contributed by atoms with Crippen LogP contribution in [0.3, 0.4) is 0 Å². The first kappa shape index (κ1) is 21.0. The van der Waals surface area contributed by atoms with Crippen molar-refractivity contribution in [2.45, 2.75) is 6.17 Å². The van der Waals surface area contributed by atoms with Crippen LogP contribution in [0.5, 0.6) is 0 Å². The average molecular weight is 463 g/mol. The summed E-state index contributed by atoms with van der Waals surface area (Å²) in [7, 11) is 3.42. The van der Waals surface area contributed by atoms with Gasteiger partial charge in [-0.3, -0.25) is 14.4 Å². The molecule has 5 rings (SSSR count). The van der Waals surface area contributed by atoms with Crippen LogP contribution < -0.4 is 10.2 Å². The number of rotatable bonds is 4. The van der Waals surface area contributed by atoms with Crippen LogP contribution in [-0.4, -0.2) is 38.8 Å². The Morgan fingerprint density at radius 1 is 1.21 bits per heavy atom. The third-order valence-corrected chi connectivity index (χ3v) is 5.82. The van der Waals surface area contributed by atoms with Crippen molar-refractivity contribution >= 4 is 34.6 Å². The van der Waals surface area contributed by atoms with E-state index in [0.717, 1.165) is 16.8 Å². The minimum absolute atomic E-state index is 0.0359. The standard InChI is InChI=1S/C24H20ClFN6O/c1-30-13-17(10-29-30)16-4-7-23-28-12-21(32(23)14-16)15-3-6-19(20(26)9-15)24(33)31(2)22-8-5-18(25)11-27-22/h3-14,23,28H,1-2H3. The van der Waals surface area contributed by atoms with Crippen LogP contribution in [0.1, 0.15) is 21.5 Å². The van der Waals surface area contributed by atoms with E-state index >= 15 is 4.39 Å². The smallest absolute Gasteiger partial charge is 0.262 e. The minimum atomic E-state index is -0.605. The van der Waals surface area contributed by atoms with Crippen LogP contribution in [0.15, 0.2) is 73.5 Å². The molecule has 9 heteroatoms. The zero-order chi connectivity index (χ0) is 23.1. The van der Waals surface area contributed by atoms with E-state index in [1.54, 1.807) is 36.1 Å². The van der Waals surface area contributed by atoms with Gasteiger partial charge in [-0.25, -0.2) is 9.37 Å². The molecule has 0 fully saturated rings. The molecule has 0 bridgehead atoms. The maximum atomic E-state index is 15.1. The lowest BCUT2D eigenvalue weighted by Crippen LogP contribution is -2.32. The monoisotopic (exact) mass is 462 g/mol. The number of aryl methyl sites for hydroxylation is 1. The van der Waals surface area contributed by atoms with Gasteiger partial charge in [0.05, 0.1) is 22.5 Å². The Morgan fingerprint density at radius 2 is 2.06 bits per heavy atom. The molecule has 4 heterocycles. The highest BCUT2D eigenvalue weighted by molar-refractivity contribution is 6.30. The summed E-state index contributed by atoms with van der Waals surface area (Å²) < 4.78 is 16.8. The van der Waals surface area contributed by atoms with Gasteiger partial charge in [0, 0.05) is 55.6 Å². The van der Waals surface area contributed by atoms with E-state index in [-0.39, 0.29) is 11.7 Å². The van der Waals surface area contributed by atoms with E-state index in [1.807, 2.05) is 42.7 Å². The summed E-state index contributed by atoms with van der Waals surface area (Å²) >= 11 is 5.86. The van der Waals surface area contributed by atoms with Crippen LogP contribution in [0.25, 0.3) is 11.3 Å². The van der Waals surface area contributed by atoms with Gasteiger partial charge in [-0.05, 0) is 30.3 Å². The number of hydrogen-bond acceptors (Lipinski definition) is 5. The maximum Gasteiger partial charge on any atom is 0.262 e. The van der Waals surface area contributed by atoms with Crippen molar-refractivity contribution < 1.29 is 9.18 Å². The van der Waals surface area contributed by atoms with Gasteiger partial charge in [0.15, 0.2) is 0 Å². The van der Waals surface area contributed by atoms with Gasteiger partial charge in [-0.2, -0.15) is 5.10 Å². The molecule has 2 aliphatic heterocycles. The van der Waals surface area contributed by atoms with E-state index < -0.39 is 11.7 Å². The van der Waals surface area contributed by atoms with Crippen molar-refractivity contribution in [3.8, 4) is 0 Å². The van der Waals surface area contributed by atoms with Crippen LogP contribution in [-0.2, 0) is 7.05 Å². The fourth-order valence-electron chi connectivity index (χ4n) is 3.83. The molecule has 1 atom stereocenters. The Bertz CT molecular complexity index is 1330. The van der Waals surface area contributed by atoms with E-state index in [0.29, 0.717) is 16.4 Å². The molecule has 0 saturated heterocycles. The van der Waals surface area contributed by atoms with Gasteiger partial charge in [-0.15, -0.1) is 0 Å². The number of hydrogen-bond donors (Lipinski definition) is 1. The summed E-state index contributed by atoms with van der Waals surface area (Å²) in [4.78, 5) is 20.3. The Morgan fingerprint density at radius 3 is 2.76 bits per heavy atom. The van der Waals surface area contributed by atoms with Crippen LogP contribution in [0.4, 0.5) is 10.2 Å². The maximum absolute atomic E-state index is 15.1. The SMILES string of the molecule is CN(C(=O)c1ccc(C2=CNC3C=CC(c4cnn(C)c4)=CN23)cc1F)c1ccc(Cl)cn1. The van der Waals surface area contributed by atoms with Gasteiger partial charge in [0.1, 0.15) is 17.8 Å². The van der Waals surface area contributed by atoms with Gasteiger partial charge in [0.25, 0.3) is 5.91 Å². The van der Waals surface area contributed by atoms with E-state index in [9.17, 15) is 4.79 Å². The van der Waals surface area contributed by atoms with Crippen LogP contribution >= 0.6 is 11.6 Å². The van der Waals surface area contributed by atoms with Crippen LogP contribution in [0.2, 0.25) is 5.02 Å². The Kier molecular flexibility index (Phi) is 5.22. The quantitative estimate of drug-likeness (QED) is 0.634. The number of halogens is 2. The number of amides is 1. The summed E-state index contributed by atoms with van der Waals surface area (Å²) in [5.41, 5.74) is 3.41. The Balaban J connectivity index is 1.40. The number of fused-ring (bicyclic) bond motifs is 1. The second-order valence-corrected chi connectivity index (χ2v) is 8.22. The number of nitrogens with one attached hydrogen (secondary N) is 1. The number of benzene rings is 1. The van der Waals surface area contributed by atoms with E-state index in [2.05, 4.69) is 15.4 Å². The van der Waals surface area contributed by atoms with Crippen molar-refractivity contribution in [3.63, 3.8) is 0 Å². The van der Waals surface area contributed by atoms with E-state index in [4.69, 9.17) is 11.6 Å². The highest BCUT2D eigenvalue weighted by Crippen LogP contribution is 2.32. The van der Waals surface area contributed by atoms with Crippen molar-refractivity contribution in [1.29, 1.82) is 0 Å². The molecule has 1 aromatic carbocycles. The number of pyridine rings is 1. The molecule has 33 heavy (non-hydrogen) atoms. The van der Waals surface area contributed by atoms with Crippen molar-refractivity contribution in [2.75, 3.05) is 11.9 Å². The molecule has 1 unspecified atom stereocenters. The molecule has 2 aliphatic rings. The van der Waals surface area contributed by atoms with Crippen molar-refractivity contribution in [3.05, 3.63) is 101 Å². The van der Waals surface area contributed by atoms with Gasteiger partial charge < -0.3 is 10.2 Å². The second kappa shape index (κ2) is 8.22. The molecule has 2 aromatic heterocycles. The molecule has 0 aliphatic carbocycles. The summed E-state index contributed by atoms with van der Waals surface area (Å²) in [6.07, 6.45) is 13.0. The predicted molar refractivity (Wildman–Crippen MR) is 125 cm³/mol. The first-order chi connectivity index (χ1) is 15.9.